The van der Waals surface area contributed by atoms with E-state index in [0.29, 0.717) is 43.2 Å². The summed E-state index contributed by atoms with van der Waals surface area (Å²) in [6.45, 7) is 2.82. The second-order valence-corrected chi connectivity index (χ2v) is 9.60. The van der Waals surface area contributed by atoms with E-state index in [-0.39, 0.29) is 42.3 Å². The molecule has 1 aromatic carbocycles. The zero-order valence-corrected chi connectivity index (χ0v) is 16.6. The molecule has 148 valence electrons. The fraction of sp³-hybridized carbons (Fsp3) is 0.556. The Bertz CT molecular complexity index is 807. The predicted molar refractivity (Wildman–Crippen MR) is 104 cm³/mol. The van der Waals surface area contributed by atoms with Crippen molar-refractivity contribution in [1.29, 1.82) is 0 Å². The minimum Gasteiger partial charge on any atom is -0.351 e. The summed E-state index contributed by atoms with van der Waals surface area (Å²) in [6.07, 6.45) is 0.915. The monoisotopic (exact) mass is 413 g/mol. The molecule has 0 bridgehead atoms. The van der Waals surface area contributed by atoms with Gasteiger partial charge in [0.15, 0.2) is 9.84 Å². The van der Waals surface area contributed by atoms with Gasteiger partial charge in [0.05, 0.1) is 22.1 Å². The number of benzene rings is 1. The summed E-state index contributed by atoms with van der Waals surface area (Å²) >= 11 is 5.99. The van der Waals surface area contributed by atoms with E-state index in [1.807, 2.05) is 0 Å². The third-order valence-corrected chi connectivity index (χ3v) is 7.21. The van der Waals surface area contributed by atoms with Gasteiger partial charge in [-0.2, -0.15) is 0 Å². The van der Waals surface area contributed by atoms with E-state index in [1.165, 1.54) is 0 Å². The first-order valence-electron chi connectivity index (χ1n) is 9.11. The van der Waals surface area contributed by atoms with Gasteiger partial charge in [0, 0.05) is 45.2 Å². The average Bonchev–Trinajstić information content (AvgIpc) is 3.02. The van der Waals surface area contributed by atoms with Gasteiger partial charge in [-0.3, -0.25) is 14.5 Å². The second kappa shape index (κ2) is 8.58. The summed E-state index contributed by atoms with van der Waals surface area (Å²) < 4.78 is 23.2. The molecule has 7 nitrogen and oxygen atoms in total. The van der Waals surface area contributed by atoms with Crippen LogP contribution >= 0.6 is 11.6 Å². The number of halogens is 1. The van der Waals surface area contributed by atoms with Gasteiger partial charge in [-0.15, -0.1) is 0 Å². The van der Waals surface area contributed by atoms with Crippen molar-refractivity contribution < 1.29 is 18.0 Å². The van der Waals surface area contributed by atoms with Crippen molar-refractivity contribution in [2.45, 2.75) is 18.9 Å². The molecular weight excluding hydrogens is 390 g/mol. The first-order valence-corrected chi connectivity index (χ1v) is 11.3. The van der Waals surface area contributed by atoms with Crippen molar-refractivity contribution in [2.24, 2.45) is 0 Å². The van der Waals surface area contributed by atoms with Gasteiger partial charge in [-0.25, -0.2) is 8.42 Å². The number of carbonyl (C=O) groups is 2. The van der Waals surface area contributed by atoms with E-state index in [0.717, 1.165) is 0 Å². The highest BCUT2D eigenvalue weighted by atomic mass is 35.5. The van der Waals surface area contributed by atoms with E-state index in [1.54, 1.807) is 29.2 Å². The van der Waals surface area contributed by atoms with E-state index in [9.17, 15) is 18.0 Å². The Hall–Kier alpha value is -1.64. The van der Waals surface area contributed by atoms with Gasteiger partial charge in [0.2, 0.25) is 5.91 Å². The Labute approximate surface area is 164 Å². The van der Waals surface area contributed by atoms with Crippen LogP contribution in [0.1, 0.15) is 23.2 Å². The molecule has 3 rings (SSSR count). The van der Waals surface area contributed by atoms with Crippen LogP contribution in [0.15, 0.2) is 24.3 Å². The summed E-state index contributed by atoms with van der Waals surface area (Å²) in [5, 5.41) is 3.11. The molecule has 2 aliphatic heterocycles. The molecule has 0 unspecified atom stereocenters. The molecule has 0 saturated carbocycles. The summed E-state index contributed by atoms with van der Waals surface area (Å²) in [5.74, 6) is 0.200. The van der Waals surface area contributed by atoms with Crippen molar-refractivity contribution in [3.8, 4) is 0 Å². The van der Waals surface area contributed by atoms with Crippen molar-refractivity contribution >= 4 is 33.3 Å². The lowest BCUT2D eigenvalue weighted by molar-refractivity contribution is -0.133. The molecule has 2 heterocycles. The molecule has 0 aliphatic carbocycles. The second-order valence-electron chi connectivity index (χ2n) is 6.96. The number of hydrogen-bond donors (Lipinski definition) is 1. The molecule has 0 aromatic heterocycles. The first kappa shape index (κ1) is 20.1. The molecule has 2 amide bonds. The molecule has 1 N–H and O–H groups in total. The fourth-order valence-corrected chi connectivity index (χ4v) is 5.56. The topological polar surface area (TPSA) is 86.8 Å². The maximum Gasteiger partial charge on any atom is 0.252 e. The van der Waals surface area contributed by atoms with Crippen LogP contribution in [-0.2, 0) is 14.6 Å². The molecule has 9 heteroatoms. The van der Waals surface area contributed by atoms with Crippen molar-refractivity contribution in [3.63, 3.8) is 0 Å². The highest BCUT2D eigenvalue weighted by Crippen LogP contribution is 2.19. The number of sulfone groups is 1. The molecule has 0 spiro atoms. The number of nitrogens with zero attached hydrogens (tertiary/aromatic N) is 2. The van der Waals surface area contributed by atoms with E-state index in [4.69, 9.17) is 11.6 Å². The molecule has 2 saturated heterocycles. The zero-order chi connectivity index (χ0) is 19.4. The Morgan fingerprint density at radius 3 is 2.48 bits per heavy atom. The Balaban J connectivity index is 1.40. The lowest BCUT2D eigenvalue weighted by Crippen LogP contribution is -2.52. The van der Waals surface area contributed by atoms with Crippen molar-refractivity contribution in [1.82, 2.24) is 15.1 Å². The number of amides is 2. The summed E-state index contributed by atoms with van der Waals surface area (Å²) in [5.41, 5.74) is 0.395. The third-order valence-electron chi connectivity index (χ3n) is 5.13. The largest absolute Gasteiger partial charge is 0.351 e. The van der Waals surface area contributed by atoms with Gasteiger partial charge in [0.25, 0.3) is 5.91 Å². The van der Waals surface area contributed by atoms with Crippen LogP contribution in [0.25, 0.3) is 0 Å². The quantitative estimate of drug-likeness (QED) is 0.771. The lowest BCUT2D eigenvalue weighted by Gasteiger charge is -2.37. The Morgan fingerprint density at radius 2 is 1.85 bits per heavy atom. The zero-order valence-electron chi connectivity index (χ0n) is 15.1. The minimum absolute atomic E-state index is 0.00634. The number of rotatable bonds is 5. The molecule has 0 radical (unpaired) electrons. The van der Waals surface area contributed by atoms with Gasteiger partial charge in [-0.05, 0) is 18.6 Å². The van der Waals surface area contributed by atoms with Gasteiger partial charge < -0.3 is 10.2 Å². The highest BCUT2D eigenvalue weighted by Gasteiger charge is 2.34. The maximum absolute atomic E-state index is 12.3. The first-order chi connectivity index (χ1) is 12.9. The molecule has 1 aromatic rings. The SMILES string of the molecule is O=C(NCCC(=O)N1CCN([C@H]2CCS(=O)(=O)C2)CC1)c1ccccc1Cl. The van der Waals surface area contributed by atoms with Gasteiger partial charge >= 0.3 is 0 Å². The van der Waals surface area contributed by atoms with Gasteiger partial charge in [0.1, 0.15) is 0 Å². The molecule has 1 atom stereocenters. The molecule has 27 heavy (non-hydrogen) atoms. The molecule has 2 aliphatic rings. The normalized spacial score (nSPS) is 22.6. The smallest absolute Gasteiger partial charge is 0.252 e. The number of nitrogens with one attached hydrogen (secondary N) is 1. The Kier molecular flexibility index (Phi) is 6.39. The van der Waals surface area contributed by atoms with Crippen LogP contribution in [0.4, 0.5) is 0 Å². The highest BCUT2D eigenvalue weighted by molar-refractivity contribution is 7.91. The number of piperazine rings is 1. The average molecular weight is 414 g/mol. The molecular formula is C18H24ClN3O4S. The van der Waals surface area contributed by atoms with E-state index >= 15 is 0 Å². The summed E-state index contributed by atoms with van der Waals surface area (Å²) in [7, 11) is -2.89. The van der Waals surface area contributed by atoms with Crippen LogP contribution in [0.5, 0.6) is 0 Å². The van der Waals surface area contributed by atoms with Crippen molar-refractivity contribution in [2.75, 3.05) is 44.2 Å². The lowest BCUT2D eigenvalue weighted by atomic mass is 10.2. The predicted octanol–water partition coefficient (Wildman–Crippen LogP) is 0.791. The fourth-order valence-electron chi connectivity index (χ4n) is 3.58. The van der Waals surface area contributed by atoms with Gasteiger partial charge in [-0.1, -0.05) is 23.7 Å². The van der Waals surface area contributed by atoms with Crippen molar-refractivity contribution in [3.05, 3.63) is 34.9 Å². The van der Waals surface area contributed by atoms with Crippen LogP contribution in [0, 0.1) is 0 Å². The van der Waals surface area contributed by atoms with Crippen LogP contribution in [-0.4, -0.2) is 80.3 Å². The summed E-state index contributed by atoms with van der Waals surface area (Å²) in [6, 6.07) is 6.87. The van der Waals surface area contributed by atoms with Crippen LogP contribution in [0.3, 0.4) is 0 Å². The maximum atomic E-state index is 12.3. The van der Waals surface area contributed by atoms with E-state index in [2.05, 4.69) is 10.2 Å². The van der Waals surface area contributed by atoms with Crippen LogP contribution in [0.2, 0.25) is 5.02 Å². The van der Waals surface area contributed by atoms with Crippen LogP contribution < -0.4 is 5.32 Å². The number of hydrogen-bond acceptors (Lipinski definition) is 5. The Morgan fingerprint density at radius 1 is 1.15 bits per heavy atom. The third kappa shape index (κ3) is 5.21. The summed E-state index contributed by atoms with van der Waals surface area (Å²) in [4.78, 5) is 28.4. The standard InChI is InChI=1S/C18H24ClN3O4S/c19-16-4-2-1-3-15(16)18(24)20-7-5-17(23)22-10-8-21(9-11-22)14-6-12-27(25,26)13-14/h1-4,14H,5-13H2,(H,20,24)/t14-/m0/s1. The van der Waals surface area contributed by atoms with E-state index < -0.39 is 9.84 Å². The minimum atomic E-state index is -2.89. The number of carbonyl (C=O) groups excluding carboxylic acids is 2. The molecule has 2 fully saturated rings.